The predicted octanol–water partition coefficient (Wildman–Crippen LogP) is 7.13. The summed E-state index contributed by atoms with van der Waals surface area (Å²) in [4.78, 5) is 25.5. The predicted molar refractivity (Wildman–Crippen MR) is 168 cm³/mol. The molecule has 6 heteroatoms. The summed E-state index contributed by atoms with van der Waals surface area (Å²) in [5.74, 6) is 1.40. The van der Waals surface area contributed by atoms with E-state index in [4.69, 9.17) is 9.47 Å². The maximum absolute atomic E-state index is 13.1. The van der Waals surface area contributed by atoms with Crippen LogP contribution in [-0.2, 0) is 4.74 Å². The number of hydrogen-bond donors (Lipinski definition) is 1. The maximum atomic E-state index is 13.1. The molecule has 42 heavy (non-hydrogen) atoms. The Morgan fingerprint density at radius 3 is 2.31 bits per heavy atom. The number of hydrogen-bond acceptors (Lipinski definition) is 4. The first-order chi connectivity index (χ1) is 20.3. The molecule has 224 valence electrons. The van der Waals surface area contributed by atoms with Gasteiger partial charge in [-0.05, 0) is 110 Å². The molecule has 5 nitrogen and oxygen atoms in total. The molecule has 0 aliphatic heterocycles. The highest BCUT2D eigenvalue weighted by Gasteiger charge is 2.12. The molecule has 0 spiro atoms. The van der Waals surface area contributed by atoms with Crippen LogP contribution in [0.25, 0.3) is 12.7 Å². The minimum atomic E-state index is -0.314. The molecule has 0 bridgehead atoms. The number of benzene rings is 3. The van der Waals surface area contributed by atoms with E-state index in [0.717, 1.165) is 54.5 Å². The van der Waals surface area contributed by atoms with Crippen molar-refractivity contribution in [1.82, 2.24) is 5.32 Å². The molecule has 1 N–H and O–H groups in total. The third-order valence-corrected chi connectivity index (χ3v) is 7.45. The Kier molecular flexibility index (Phi) is 13.4. The van der Waals surface area contributed by atoms with Crippen LogP contribution in [0.1, 0.15) is 85.1 Å². The molecule has 0 aliphatic carbocycles. The van der Waals surface area contributed by atoms with Gasteiger partial charge in [-0.3, -0.25) is 9.59 Å². The number of nitrogens with one attached hydrogen (secondary N) is 1. The van der Waals surface area contributed by atoms with Gasteiger partial charge in [-0.1, -0.05) is 44.9 Å². The maximum Gasteiger partial charge on any atom is 0.251 e. The second kappa shape index (κ2) is 17.2. The quantitative estimate of drug-likeness (QED) is 0.138. The molecule has 0 saturated heterocycles. The van der Waals surface area contributed by atoms with Gasteiger partial charge in [-0.2, -0.15) is 0 Å². The Morgan fingerprint density at radius 2 is 1.64 bits per heavy atom. The molecular weight excluding hydrogens is 529 g/mol. The fourth-order valence-electron chi connectivity index (χ4n) is 5.14. The minimum Gasteiger partial charge on any atom is -0.457 e. The van der Waals surface area contributed by atoms with Crippen LogP contribution in [-0.4, -0.2) is 31.4 Å². The lowest BCUT2D eigenvalue weighted by Crippen LogP contribution is -2.33. The number of carbonyl (C=O) groups is 2. The van der Waals surface area contributed by atoms with E-state index in [1.807, 2.05) is 26.0 Å². The van der Waals surface area contributed by atoms with Crippen LogP contribution in [0.2, 0.25) is 0 Å². The standard InChI is InChI=1S/C36H44FNO4/c1-5-9-28(10-7-12-33-26(3)14-23-34(27(33)4)36(40)38-24-25-41-6-2)11-8-13-35(39)29-15-19-31(20-16-29)42-32-21-17-30(37)18-22-32/h12,14-23,28H,3,5-11,13,24-25H2,1-2,4H3,(H,38,40)/b33-12+. The second-order valence-electron chi connectivity index (χ2n) is 10.6. The molecule has 1 amide bonds. The highest BCUT2D eigenvalue weighted by molar-refractivity contribution is 5.96. The van der Waals surface area contributed by atoms with E-state index in [-0.39, 0.29) is 17.5 Å². The van der Waals surface area contributed by atoms with Gasteiger partial charge in [0.2, 0.25) is 0 Å². The number of ketones is 1. The van der Waals surface area contributed by atoms with Crippen LogP contribution in [0.5, 0.6) is 11.5 Å². The SMILES string of the molecule is C=c1ccc(C(=O)NCCOCC)c(C)/c1=C/CCC(CCC)CCCC(=O)c1ccc(Oc2ccc(F)cc2)cc1. The van der Waals surface area contributed by atoms with Crippen molar-refractivity contribution >= 4 is 24.3 Å². The molecule has 0 saturated carbocycles. The lowest BCUT2D eigenvalue weighted by molar-refractivity contribution is 0.0921. The molecule has 3 aromatic rings. The normalized spacial score (nSPS) is 12.2. The molecule has 0 radical (unpaired) electrons. The molecular formula is C36H44FNO4. The Bertz CT molecular complexity index is 1400. The van der Waals surface area contributed by atoms with Gasteiger partial charge in [0.15, 0.2) is 5.78 Å². The molecule has 0 aliphatic rings. The second-order valence-corrected chi connectivity index (χ2v) is 10.6. The van der Waals surface area contributed by atoms with Gasteiger partial charge < -0.3 is 14.8 Å². The van der Waals surface area contributed by atoms with Gasteiger partial charge in [0, 0.05) is 30.7 Å². The lowest BCUT2D eigenvalue weighted by atomic mass is 9.91. The van der Waals surface area contributed by atoms with Crippen molar-refractivity contribution in [3.05, 3.63) is 93.6 Å². The molecule has 0 fully saturated rings. The van der Waals surface area contributed by atoms with Gasteiger partial charge in [-0.25, -0.2) is 4.39 Å². The number of Topliss-reactive ketones (excluding diaryl/α,β-unsaturated/α-hetero) is 1. The number of carbonyl (C=O) groups excluding carboxylic acids is 2. The first-order valence-electron chi connectivity index (χ1n) is 15.0. The van der Waals surface area contributed by atoms with E-state index in [2.05, 4.69) is 24.9 Å². The van der Waals surface area contributed by atoms with E-state index in [1.54, 1.807) is 36.4 Å². The smallest absolute Gasteiger partial charge is 0.251 e. The van der Waals surface area contributed by atoms with Crippen LogP contribution in [0, 0.1) is 18.7 Å². The Morgan fingerprint density at radius 1 is 0.952 bits per heavy atom. The number of rotatable bonds is 17. The van der Waals surface area contributed by atoms with Crippen LogP contribution < -0.4 is 20.5 Å². The van der Waals surface area contributed by atoms with Gasteiger partial charge >= 0.3 is 0 Å². The third-order valence-electron chi connectivity index (χ3n) is 7.45. The first-order valence-corrected chi connectivity index (χ1v) is 15.0. The van der Waals surface area contributed by atoms with Gasteiger partial charge in [0.1, 0.15) is 17.3 Å². The van der Waals surface area contributed by atoms with Gasteiger partial charge in [0.25, 0.3) is 5.91 Å². The zero-order chi connectivity index (χ0) is 30.3. The number of amides is 1. The van der Waals surface area contributed by atoms with Crippen molar-refractivity contribution in [2.24, 2.45) is 5.92 Å². The van der Waals surface area contributed by atoms with Crippen LogP contribution >= 0.6 is 0 Å². The molecule has 1 atom stereocenters. The highest BCUT2D eigenvalue weighted by Crippen LogP contribution is 2.24. The molecule has 0 aromatic heterocycles. The van der Waals surface area contributed by atoms with Crippen LogP contribution in [0.15, 0.2) is 60.7 Å². The first kappa shape index (κ1) is 32.7. The Hall–Kier alpha value is -3.77. The fraction of sp³-hybridized carbons (Fsp3) is 0.389. The van der Waals surface area contributed by atoms with Crippen molar-refractivity contribution < 1.29 is 23.5 Å². The Labute approximate surface area is 249 Å². The third kappa shape index (κ3) is 10.3. The van der Waals surface area contributed by atoms with Crippen LogP contribution in [0.3, 0.4) is 0 Å². The zero-order valence-corrected chi connectivity index (χ0v) is 25.2. The zero-order valence-electron chi connectivity index (χ0n) is 25.2. The van der Waals surface area contributed by atoms with Crippen molar-refractivity contribution in [2.75, 3.05) is 19.8 Å². The fourth-order valence-corrected chi connectivity index (χ4v) is 5.14. The van der Waals surface area contributed by atoms with Crippen molar-refractivity contribution in [3.8, 4) is 11.5 Å². The average Bonchev–Trinajstić information content (AvgIpc) is 2.98. The van der Waals surface area contributed by atoms with Crippen molar-refractivity contribution in [2.45, 2.75) is 65.7 Å². The molecule has 0 heterocycles. The summed E-state index contributed by atoms with van der Waals surface area (Å²) in [6, 6.07) is 16.7. The Balaban J connectivity index is 1.51. The molecule has 3 rings (SSSR count). The van der Waals surface area contributed by atoms with Gasteiger partial charge in [0.05, 0.1) is 6.61 Å². The summed E-state index contributed by atoms with van der Waals surface area (Å²) < 4.78 is 24.1. The molecule has 3 aromatic carbocycles. The topological polar surface area (TPSA) is 64.6 Å². The summed E-state index contributed by atoms with van der Waals surface area (Å²) in [6.07, 6.45) is 8.70. The highest BCUT2D eigenvalue weighted by atomic mass is 19.1. The summed E-state index contributed by atoms with van der Waals surface area (Å²) >= 11 is 0. The van der Waals surface area contributed by atoms with E-state index >= 15 is 0 Å². The van der Waals surface area contributed by atoms with Crippen LogP contribution in [0.4, 0.5) is 4.39 Å². The van der Waals surface area contributed by atoms with E-state index in [1.165, 1.54) is 12.1 Å². The number of halogens is 1. The molecule has 1 unspecified atom stereocenters. The largest absolute Gasteiger partial charge is 0.457 e. The van der Waals surface area contributed by atoms with Crippen molar-refractivity contribution in [3.63, 3.8) is 0 Å². The van der Waals surface area contributed by atoms with Crippen molar-refractivity contribution in [1.29, 1.82) is 0 Å². The summed E-state index contributed by atoms with van der Waals surface area (Å²) in [7, 11) is 0. The minimum absolute atomic E-state index is 0.0922. The summed E-state index contributed by atoms with van der Waals surface area (Å²) in [5.41, 5.74) is 2.29. The summed E-state index contributed by atoms with van der Waals surface area (Å²) in [5, 5.41) is 4.88. The monoisotopic (exact) mass is 573 g/mol. The van der Waals surface area contributed by atoms with Gasteiger partial charge in [-0.15, -0.1) is 0 Å². The number of ether oxygens (including phenoxy) is 2. The van der Waals surface area contributed by atoms with E-state index in [0.29, 0.717) is 54.7 Å². The summed E-state index contributed by atoms with van der Waals surface area (Å²) in [6.45, 7) is 11.9. The average molecular weight is 574 g/mol. The van der Waals surface area contributed by atoms with E-state index in [9.17, 15) is 14.0 Å². The van der Waals surface area contributed by atoms with E-state index < -0.39 is 0 Å². The lowest BCUT2D eigenvalue weighted by Gasteiger charge is -2.15.